The highest BCUT2D eigenvalue weighted by Gasteiger charge is 2.49. The van der Waals surface area contributed by atoms with Crippen molar-refractivity contribution >= 4 is 40.0 Å². The van der Waals surface area contributed by atoms with Gasteiger partial charge in [-0.05, 0) is 61.3 Å². The Kier molecular flexibility index (Phi) is 16.0. The molecule has 1 unspecified atom stereocenters. The Balaban J connectivity index is 0.736. The molecule has 14 nitrogen and oxygen atoms in total. The maximum atomic E-state index is 16.0. The van der Waals surface area contributed by atoms with E-state index in [1.807, 2.05) is 67.3 Å². The van der Waals surface area contributed by atoms with Gasteiger partial charge in [-0.3, -0.25) is 19.3 Å². The number of fused-ring (bicyclic) bond motifs is 3. The third-order valence-corrected chi connectivity index (χ3v) is 14.3. The van der Waals surface area contributed by atoms with Crippen LogP contribution in [-0.2, 0) is 41.6 Å². The van der Waals surface area contributed by atoms with Gasteiger partial charge in [-0.1, -0.05) is 63.2 Å². The summed E-state index contributed by atoms with van der Waals surface area (Å²) < 4.78 is 69.6. The number of likely N-dealkylation sites (tertiary alicyclic amines) is 1. The number of thiazole rings is 1. The number of amides is 3. The number of nitrogens with zero attached hydrogens (tertiary/aromatic N) is 3. The minimum absolute atomic E-state index is 0.00736. The molecular formula is C52H63F3N6O8S. The van der Waals surface area contributed by atoms with Gasteiger partial charge in [-0.15, -0.1) is 11.3 Å². The Morgan fingerprint density at radius 1 is 0.971 bits per heavy atom. The van der Waals surface area contributed by atoms with Gasteiger partial charge >= 0.3 is 0 Å². The Morgan fingerprint density at radius 3 is 2.30 bits per heavy atom. The largest absolute Gasteiger partial charge is 0.491 e. The number of carbonyl (C=O) groups excluding carboxylic acids is 3. The fourth-order valence-corrected chi connectivity index (χ4v) is 10.2. The van der Waals surface area contributed by atoms with Crippen LogP contribution in [-0.4, -0.2) is 132 Å². The lowest BCUT2D eigenvalue weighted by atomic mass is 9.85. The predicted octanol–water partition coefficient (Wildman–Crippen LogP) is 6.95. The van der Waals surface area contributed by atoms with Gasteiger partial charge in [0.25, 0.3) is 0 Å². The summed E-state index contributed by atoms with van der Waals surface area (Å²) >= 11 is 1.56. The molecule has 70 heavy (non-hydrogen) atoms. The van der Waals surface area contributed by atoms with Gasteiger partial charge in [-0.2, -0.15) is 0 Å². The molecule has 8 rings (SSSR count). The lowest BCUT2D eigenvalue weighted by Gasteiger charge is -2.41. The van der Waals surface area contributed by atoms with Crippen LogP contribution in [0.2, 0.25) is 0 Å². The number of β-amino-alcohol motifs (C(OH)–C–C–N with tert-alkyl or cyclic N) is 1. The summed E-state index contributed by atoms with van der Waals surface area (Å²) in [5.41, 5.74) is 4.95. The average Bonchev–Trinajstić information content (AvgIpc) is 3.57. The lowest BCUT2D eigenvalue weighted by molar-refractivity contribution is -0.144. The lowest BCUT2D eigenvalue weighted by Crippen LogP contribution is -2.58. The molecule has 5 aromatic rings. The first-order chi connectivity index (χ1) is 33.5. The molecule has 2 aliphatic heterocycles. The monoisotopic (exact) mass is 988 g/mol. The van der Waals surface area contributed by atoms with Crippen molar-refractivity contribution in [2.24, 2.45) is 5.41 Å². The van der Waals surface area contributed by atoms with Gasteiger partial charge in [0.1, 0.15) is 48.4 Å². The van der Waals surface area contributed by atoms with Crippen molar-refractivity contribution in [1.82, 2.24) is 30.4 Å². The number of nitrogens with one attached hydrogen (secondary N) is 3. The van der Waals surface area contributed by atoms with Crippen molar-refractivity contribution in [2.75, 3.05) is 59.3 Å². The zero-order chi connectivity index (χ0) is 49.7. The van der Waals surface area contributed by atoms with Crippen molar-refractivity contribution < 1.29 is 51.6 Å². The topological polar surface area (TPSA) is 168 Å². The zero-order valence-corrected chi connectivity index (χ0v) is 41.1. The number of ether oxygens (including phenoxy) is 4. The summed E-state index contributed by atoms with van der Waals surface area (Å²) in [5.74, 6) is -2.95. The molecule has 1 saturated carbocycles. The summed E-state index contributed by atoms with van der Waals surface area (Å²) in [5, 5.41) is 17.2. The normalized spacial score (nSPS) is 20.3. The van der Waals surface area contributed by atoms with E-state index in [2.05, 4.69) is 20.6 Å². The molecule has 5 atom stereocenters. The SMILES string of the molecule is Cc1ncsc1-c1ccc(CNC(=O)[C@@H]2C[C@@H](O)CN2C(=O)C(NC(=O)COCCOCCOCCOc2cc(F)c([C@@H]3c4[nH]c5ccccc5c4C[C@@H](C)N3CC3(F)CC3)c(F)c2)C(C)(C)C)cc1. The molecule has 18 heteroatoms. The van der Waals surface area contributed by atoms with Crippen LogP contribution in [0, 0.1) is 24.0 Å². The standard InChI is InChI=1S/C52H63F3N6O8S/c1-31-22-38-37-8-6-7-9-41(37)58-45(38)46(61(31)29-52(55)14-15-52)44-39(53)24-36(25-40(44)54)69-21-20-67-17-16-66-18-19-68-28-43(63)59-48(51(3,4)5)50(65)60-27-35(62)23-42(60)49(64)56-26-33-10-12-34(13-11-33)47-32(2)57-30-70-47/h6-13,24-25,30-31,35,42,46,48,58,62H,14-23,26-29H2,1-5H3,(H,56,64)(H,59,63)/t31-,35-,42+,46-,48?/m1/s1. The first-order valence-electron chi connectivity index (χ1n) is 23.9. The highest BCUT2D eigenvalue weighted by atomic mass is 32.1. The summed E-state index contributed by atoms with van der Waals surface area (Å²) in [6.07, 6.45) is 0.666. The number of alkyl halides is 1. The predicted molar refractivity (Wildman–Crippen MR) is 259 cm³/mol. The summed E-state index contributed by atoms with van der Waals surface area (Å²) in [6.45, 7) is 10.1. The molecule has 376 valence electrons. The molecule has 3 amide bonds. The molecule has 1 aliphatic carbocycles. The van der Waals surface area contributed by atoms with Gasteiger partial charge in [0, 0.05) is 66.4 Å². The second-order valence-electron chi connectivity index (χ2n) is 19.7. The Morgan fingerprint density at radius 2 is 1.64 bits per heavy atom. The van der Waals surface area contributed by atoms with E-state index >= 15 is 13.2 Å². The summed E-state index contributed by atoms with van der Waals surface area (Å²) in [7, 11) is 0. The second kappa shape index (κ2) is 22.0. The highest BCUT2D eigenvalue weighted by Crippen LogP contribution is 2.48. The zero-order valence-electron chi connectivity index (χ0n) is 40.3. The number of hydrogen-bond donors (Lipinski definition) is 4. The van der Waals surface area contributed by atoms with E-state index < -0.39 is 64.7 Å². The first kappa shape index (κ1) is 51.0. The second-order valence-corrected chi connectivity index (χ2v) is 20.6. The van der Waals surface area contributed by atoms with Crippen LogP contribution in [0.25, 0.3) is 21.3 Å². The van der Waals surface area contributed by atoms with Gasteiger partial charge < -0.3 is 44.6 Å². The van der Waals surface area contributed by atoms with Gasteiger partial charge in [-0.25, -0.2) is 18.2 Å². The smallest absolute Gasteiger partial charge is 0.246 e. The van der Waals surface area contributed by atoms with Crippen molar-refractivity contribution in [1.29, 1.82) is 0 Å². The van der Waals surface area contributed by atoms with Crippen molar-refractivity contribution in [3.05, 3.63) is 106 Å². The van der Waals surface area contributed by atoms with Gasteiger partial charge in [0.05, 0.1) is 61.3 Å². The molecule has 1 saturated heterocycles. The van der Waals surface area contributed by atoms with E-state index in [0.717, 1.165) is 50.3 Å². The van der Waals surface area contributed by atoms with Crippen LogP contribution in [0.1, 0.15) is 81.1 Å². The molecule has 4 heterocycles. The number of aliphatic hydroxyl groups excluding tert-OH is 1. The average molecular weight is 989 g/mol. The van der Waals surface area contributed by atoms with Crippen molar-refractivity contribution in [2.45, 2.75) is 103 Å². The fourth-order valence-electron chi connectivity index (χ4n) is 9.40. The van der Waals surface area contributed by atoms with Crippen LogP contribution >= 0.6 is 11.3 Å². The number of halogens is 3. The molecular weight excluding hydrogens is 926 g/mol. The molecule has 0 spiro atoms. The van der Waals surface area contributed by atoms with E-state index in [9.17, 15) is 19.5 Å². The molecule has 4 N–H and O–H groups in total. The summed E-state index contributed by atoms with van der Waals surface area (Å²) in [4.78, 5) is 52.4. The number of aliphatic hydroxyl groups is 1. The van der Waals surface area contributed by atoms with Crippen LogP contribution in [0.5, 0.6) is 5.75 Å². The van der Waals surface area contributed by atoms with E-state index in [0.29, 0.717) is 25.0 Å². The molecule has 3 aliphatic rings. The highest BCUT2D eigenvalue weighted by molar-refractivity contribution is 7.13. The Hall–Kier alpha value is -5.37. The van der Waals surface area contributed by atoms with Gasteiger partial charge in [0.2, 0.25) is 17.7 Å². The van der Waals surface area contributed by atoms with Crippen LogP contribution < -0.4 is 15.4 Å². The molecule has 0 bridgehead atoms. The number of H-pyrrole nitrogens is 1. The minimum Gasteiger partial charge on any atom is -0.491 e. The first-order valence-corrected chi connectivity index (χ1v) is 24.8. The quantitative estimate of drug-likeness (QED) is 0.0565. The van der Waals surface area contributed by atoms with Gasteiger partial charge in [0.15, 0.2) is 0 Å². The fraction of sp³-hybridized carbons (Fsp3) is 0.500. The van der Waals surface area contributed by atoms with E-state index in [-0.39, 0.29) is 89.7 Å². The third kappa shape index (κ3) is 12.0. The van der Waals surface area contributed by atoms with E-state index in [1.165, 1.54) is 4.90 Å². The van der Waals surface area contributed by atoms with Crippen LogP contribution in [0.15, 0.2) is 66.2 Å². The number of aromatic nitrogens is 2. The number of benzene rings is 3. The molecule has 2 aromatic heterocycles. The summed E-state index contributed by atoms with van der Waals surface area (Å²) in [6, 6.07) is 15.0. The number of rotatable bonds is 21. The molecule has 2 fully saturated rings. The van der Waals surface area contributed by atoms with E-state index in [4.69, 9.17) is 18.9 Å². The third-order valence-electron chi connectivity index (χ3n) is 13.3. The number of aryl methyl sites for hydroxylation is 1. The maximum Gasteiger partial charge on any atom is 0.246 e. The number of para-hydroxylation sites is 1. The Labute approximate surface area is 410 Å². The molecule has 0 radical (unpaired) electrons. The minimum atomic E-state index is -1.36. The molecule has 3 aromatic carbocycles. The van der Waals surface area contributed by atoms with Crippen LogP contribution in [0.4, 0.5) is 13.2 Å². The van der Waals surface area contributed by atoms with Crippen molar-refractivity contribution in [3.63, 3.8) is 0 Å². The van der Waals surface area contributed by atoms with E-state index in [1.54, 1.807) is 37.6 Å². The van der Waals surface area contributed by atoms with Crippen molar-refractivity contribution in [3.8, 4) is 16.2 Å². The number of carbonyl (C=O) groups is 3. The number of aromatic amines is 1. The maximum absolute atomic E-state index is 16.0. The Bertz CT molecular complexity index is 2610. The number of hydrogen-bond acceptors (Lipinski definition) is 11. The van der Waals surface area contributed by atoms with Crippen LogP contribution in [0.3, 0.4) is 0 Å².